The Morgan fingerprint density at radius 1 is 1.09 bits per heavy atom. The number of hydrogen-bond donors (Lipinski definition) is 0. The lowest BCUT2D eigenvalue weighted by Gasteiger charge is -2.21. The van der Waals surface area contributed by atoms with E-state index in [1.807, 2.05) is 0 Å². The molecule has 1 aromatic carbocycles. The van der Waals surface area contributed by atoms with Crippen LogP contribution < -0.4 is 0 Å². The third-order valence-electron chi connectivity index (χ3n) is 8.00. The first kappa shape index (κ1) is 25.5. The number of likely N-dealkylation sites (tertiary alicyclic amines) is 1. The Labute approximate surface area is 205 Å². The van der Waals surface area contributed by atoms with E-state index in [2.05, 4.69) is 26.7 Å². The molecule has 0 radical (unpaired) electrons. The predicted molar refractivity (Wildman–Crippen MR) is 126 cm³/mol. The van der Waals surface area contributed by atoms with Gasteiger partial charge in [0.2, 0.25) is 0 Å². The summed E-state index contributed by atoms with van der Waals surface area (Å²) in [4.78, 5) is 2.54. The maximum absolute atomic E-state index is 12.8. The minimum absolute atomic E-state index is 0. The number of rotatable bonds is 7. The minimum Gasteiger partial charge on any atom is -0.381 e. The Morgan fingerprint density at radius 2 is 1.82 bits per heavy atom. The van der Waals surface area contributed by atoms with Crippen LogP contribution in [0.5, 0.6) is 0 Å². The Bertz CT molecular complexity index is 958. The zero-order valence-corrected chi connectivity index (χ0v) is 20.5. The molecule has 1 aromatic heterocycles. The first-order valence-corrected chi connectivity index (χ1v) is 12.2. The van der Waals surface area contributed by atoms with Gasteiger partial charge in [-0.3, -0.25) is 0 Å². The van der Waals surface area contributed by atoms with E-state index >= 15 is 0 Å². The van der Waals surface area contributed by atoms with Gasteiger partial charge < -0.3 is 14.2 Å². The normalized spacial score (nSPS) is 25.6. The van der Waals surface area contributed by atoms with Gasteiger partial charge in [-0.1, -0.05) is 12.1 Å². The standard InChI is InChI=1S/C25H33F3N4O.ClH/c1-31-22(29-30-23(31)19-9-14-33-15-10-19)4-2-3-12-32-13-11-24(17-32)16-21(24)18-5-7-20(8-6-18)25(26,27)28;/h5-8,19,21H,2-4,9-17H2,1H3;1H/t21-,24-;/m1./s1. The molecule has 0 unspecified atom stereocenters. The molecule has 1 saturated carbocycles. The van der Waals surface area contributed by atoms with Crippen LogP contribution in [0.4, 0.5) is 13.2 Å². The number of aromatic nitrogens is 3. The van der Waals surface area contributed by atoms with Gasteiger partial charge in [0.25, 0.3) is 0 Å². The Balaban J connectivity index is 0.00000274. The number of alkyl halides is 3. The van der Waals surface area contributed by atoms with Crippen LogP contribution in [0.15, 0.2) is 24.3 Å². The van der Waals surface area contributed by atoms with Crippen LogP contribution >= 0.6 is 12.4 Å². The summed E-state index contributed by atoms with van der Waals surface area (Å²) in [6, 6.07) is 5.82. The van der Waals surface area contributed by atoms with Gasteiger partial charge in [0, 0.05) is 39.1 Å². The van der Waals surface area contributed by atoms with Crippen molar-refractivity contribution < 1.29 is 17.9 Å². The van der Waals surface area contributed by atoms with Crippen LogP contribution in [0.1, 0.15) is 73.1 Å². The number of aryl methyl sites for hydroxylation is 1. The van der Waals surface area contributed by atoms with E-state index in [0.717, 1.165) is 95.0 Å². The molecule has 2 atom stereocenters. The summed E-state index contributed by atoms with van der Waals surface area (Å²) in [5, 5.41) is 8.91. The highest BCUT2D eigenvalue weighted by Gasteiger charge is 2.57. The maximum atomic E-state index is 12.8. The number of ether oxygens (including phenoxy) is 1. The lowest BCUT2D eigenvalue weighted by molar-refractivity contribution is -0.137. The van der Waals surface area contributed by atoms with Crippen LogP contribution in [0.3, 0.4) is 0 Å². The van der Waals surface area contributed by atoms with Crippen molar-refractivity contribution in [1.29, 1.82) is 0 Å². The van der Waals surface area contributed by atoms with E-state index in [0.29, 0.717) is 11.8 Å². The molecular weight excluding hydrogens is 465 g/mol. The lowest BCUT2D eigenvalue weighted by atomic mass is 9.97. The third-order valence-corrected chi connectivity index (χ3v) is 8.00. The van der Waals surface area contributed by atoms with Gasteiger partial charge in [0.1, 0.15) is 11.6 Å². The second-order valence-electron chi connectivity index (χ2n) is 10.1. The Hall–Kier alpha value is -1.64. The number of halogens is 4. The van der Waals surface area contributed by atoms with Crippen LogP contribution in [0, 0.1) is 5.41 Å². The molecule has 5 nitrogen and oxygen atoms in total. The molecule has 2 aliphatic heterocycles. The predicted octanol–water partition coefficient (Wildman–Crippen LogP) is 5.35. The Morgan fingerprint density at radius 3 is 2.53 bits per heavy atom. The maximum Gasteiger partial charge on any atom is 0.416 e. The molecule has 0 amide bonds. The van der Waals surface area contributed by atoms with Crippen LogP contribution in [0.25, 0.3) is 0 Å². The van der Waals surface area contributed by atoms with E-state index in [1.165, 1.54) is 12.1 Å². The smallest absolute Gasteiger partial charge is 0.381 e. The summed E-state index contributed by atoms with van der Waals surface area (Å²) in [7, 11) is 2.08. The highest BCUT2D eigenvalue weighted by atomic mass is 35.5. The molecule has 0 bridgehead atoms. The third kappa shape index (κ3) is 5.29. The van der Waals surface area contributed by atoms with E-state index < -0.39 is 11.7 Å². The molecule has 1 spiro atoms. The van der Waals surface area contributed by atoms with Crippen LogP contribution in [-0.2, 0) is 24.4 Å². The largest absolute Gasteiger partial charge is 0.416 e. The summed E-state index contributed by atoms with van der Waals surface area (Å²) >= 11 is 0. The van der Waals surface area contributed by atoms with Gasteiger partial charge in [0.15, 0.2) is 0 Å². The van der Waals surface area contributed by atoms with Crippen molar-refractivity contribution in [2.24, 2.45) is 12.5 Å². The van der Waals surface area contributed by atoms with E-state index in [4.69, 9.17) is 4.74 Å². The quantitative estimate of drug-likeness (QED) is 0.482. The zero-order valence-electron chi connectivity index (χ0n) is 19.7. The summed E-state index contributed by atoms with van der Waals surface area (Å²) < 4.78 is 46.1. The summed E-state index contributed by atoms with van der Waals surface area (Å²) in [6.45, 7) is 4.85. The van der Waals surface area contributed by atoms with Crippen molar-refractivity contribution in [3.05, 3.63) is 47.0 Å². The van der Waals surface area contributed by atoms with Crippen molar-refractivity contribution in [1.82, 2.24) is 19.7 Å². The second kappa shape index (κ2) is 10.2. The van der Waals surface area contributed by atoms with Crippen molar-refractivity contribution in [3.63, 3.8) is 0 Å². The average molecular weight is 499 g/mol. The summed E-state index contributed by atoms with van der Waals surface area (Å²) in [5.41, 5.74) is 0.784. The fourth-order valence-electron chi connectivity index (χ4n) is 5.87. The average Bonchev–Trinajstić information content (AvgIpc) is 3.15. The highest BCUT2D eigenvalue weighted by molar-refractivity contribution is 5.85. The van der Waals surface area contributed by atoms with Crippen molar-refractivity contribution in [3.8, 4) is 0 Å². The zero-order chi connectivity index (χ0) is 23.1. The Kier molecular flexibility index (Phi) is 7.60. The summed E-state index contributed by atoms with van der Waals surface area (Å²) in [6.07, 6.45) is 3.19. The molecule has 34 heavy (non-hydrogen) atoms. The van der Waals surface area contributed by atoms with Crippen LogP contribution in [-0.4, -0.2) is 52.5 Å². The van der Waals surface area contributed by atoms with E-state index in [9.17, 15) is 13.2 Å². The second-order valence-corrected chi connectivity index (χ2v) is 10.1. The van der Waals surface area contributed by atoms with Gasteiger partial charge in [-0.15, -0.1) is 22.6 Å². The fraction of sp³-hybridized carbons (Fsp3) is 0.680. The molecule has 9 heteroatoms. The molecule has 2 aromatic rings. The van der Waals surface area contributed by atoms with Gasteiger partial charge in [-0.25, -0.2) is 0 Å². The van der Waals surface area contributed by atoms with Gasteiger partial charge in [0.05, 0.1) is 5.56 Å². The number of nitrogens with zero attached hydrogens (tertiary/aromatic N) is 4. The van der Waals surface area contributed by atoms with Crippen LogP contribution in [0.2, 0.25) is 0 Å². The topological polar surface area (TPSA) is 43.2 Å². The molecule has 1 aliphatic carbocycles. The molecule has 3 aliphatic rings. The van der Waals surface area contributed by atoms with Gasteiger partial charge in [-0.2, -0.15) is 13.2 Å². The SMILES string of the molecule is Cl.Cn1c(CCCCN2CC[C@@]3(C[C@@H]3c3ccc(C(F)(F)F)cc3)C2)nnc1C1CCOCC1. The molecular formula is C25H34ClF3N4O. The lowest BCUT2D eigenvalue weighted by Crippen LogP contribution is -2.23. The molecule has 5 rings (SSSR count). The molecule has 3 fully saturated rings. The highest BCUT2D eigenvalue weighted by Crippen LogP contribution is 2.64. The number of benzene rings is 1. The van der Waals surface area contributed by atoms with Crippen molar-refractivity contribution >= 4 is 12.4 Å². The molecule has 188 valence electrons. The van der Waals surface area contributed by atoms with E-state index in [1.54, 1.807) is 12.1 Å². The summed E-state index contributed by atoms with van der Waals surface area (Å²) in [5.74, 6) is 3.03. The molecule has 3 heterocycles. The van der Waals surface area contributed by atoms with Crippen molar-refractivity contribution in [2.75, 3.05) is 32.8 Å². The number of unbranched alkanes of at least 4 members (excludes halogenated alkanes) is 1. The van der Waals surface area contributed by atoms with Gasteiger partial charge >= 0.3 is 6.18 Å². The van der Waals surface area contributed by atoms with E-state index in [-0.39, 0.29) is 17.8 Å². The minimum atomic E-state index is -4.26. The first-order chi connectivity index (χ1) is 15.9. The number of hydrogen-bond acceptors (Lipinski definition) is 4. The molecule has 2 saturated heterocycles. The van der Waals surface area contributed by atoms with Gasteiger partial charge in [-0.05, 0) is 80.6 Å². The molecule has 0 N–H and O–H groups in total. The monoisotopic (exact) mass is 498 g/mol. The first-order valence-electron chi connectivity index (χ1n) is 12.2. The van der Waals surface area contributed by atoms with Crippen molar-refractivity contribution in [2.45, 2.75) is 63.0 Å². The fourth-order valence-corrected chi connectivity index (χ4v) is 5.87.